The zero-order valence-electron chi connectivity index (χ0n) is 29.6. The first kappa shape index (κ1) is 38.6. The molecule has 1 aliphatic heterocycles. The van der Waals surface area contributed by atoms with E-state index < -0.39 is 16.1 Å². The monoisotopic (exact) mass is 732 g/mol. The fourth-order valence-electron chi connectivity index (χ4n) is 4.96. The Balaban J connectivity index is 1.43. The van der Waals surface area contributed by atoms with Crippen molar-refractivity contribution in [3.8, 4) is 11.5 Å². The van der Waals surface area contributed by atoms with E-state index in [0.717, 1.165) is 17.5 Å². The molecule has 1 unspecified atom stereocenters. The highest BCUT2D eigenvalue weighted by Crippen LogP contribution is 2.43. The molecule has 1 fully saturated rings. The number of benzene rings is 2. The summed E-state index contributed by atoms with van der Waals surface area (Å²) in [6, 6.07) is 13.4. The first-order valence-electron chi connectivity index (χ1n) is 16.2. The number of carbonyl (C=O) groups excluding carboxylic acids is 2. The summed E-state index contributed by atoms with van der Waals surface area (Å²) in [5.74, 6) is -0.0113. The summed E-state index contributed by atoms with van der Waals surface area (Å²) in [6.45, 7) is 13.4. The van der Waals surface area contributed by atoms with Gasteiger partial charge in [-0.2, -0.15) is 12.7 Å². The molecule has 1 saturated heterocycles. The van der Waals surface area contributed by atoms with E-state index in [-0.39, 0.29) is 47.5 Å². The van der Waals surface area contributed by atoms with Crippen molar-refractivity contribution in [3.63, 3.8) is 0 Å². The predicted octanol–water partition coefficient (Wildman–Crippen LogP) is 6.28. The van der Waals surface area contributed by atoms with Crippen molar-refractivity contribution in [1.82, 2.24) is 18.9 Å². The van der Waals surface area contributed by atoms with E-state index >= 15 is 0 Å². The minimum absolute atomic E-state index is 0.0172. The Morgan fingerprint density at radius 2 is 1.73 bits per heavy atom. The van der Waals surface area contributed by atoms with E-state index in [9.17, 15) is 18.0 Å². The van der Waals surface area contributed by atoms with Crippen LogP contribution >= 0.6 is 23.4 Å². The number of aryl methyl sites for hydroxylation is 1. The topological polar surface area (TPSA) is 127 Å². The van der Waals surface area contributed by atoms with E-state index in [1.54, 1.807) is 31.3 Å². The van der Waals surface area contributed by atoms with Crippen LogP contribution < -0.4 is 14.2 Å². The molecular weight excluding hydrogens is 685 g/mol. The van der Waals surface area contributed by atoms with Gasteiger partial charge < -0.3 is 18.6 Å². The van der Waals surface area contributed by atoms with E-state index in [0.29, 0.717) is 41.5 Å². The third-order valence-corrected chi connectivity index (χ3v) is 12.7. The molecule has 1 aromatic heterocycles. The standard InChI is InChI=1S/C35H48N4O7S3/c1-24-29(44-7)19-26(20-30(24)45-8)33(41)38(17-12-15-25-13-10-9-11-14-25)22-31-36-28(23-47-31)32(40)37-49(42,43)39-18-16-27(21-39)46-48-35(5,6)34(2,3)4/h9-11,13-14,19-20,23,27H,12,15-18,21-22H2,1-8H3,(H,37,40). The molecule has 11 nitrogen and oxygen atoms in total. The smallest absolute Gasteiger partial charge is 0.304 e. The number of hydrogen-bond acceptors (Lipinski definition) is 10. The van der Waals surface area contributed by atoms with Crippen molar-refractivity contribution in [3.05, 3.63) is 75.2 Å². The molecule has 2 amide bonds. The molecule has 0 saturated carbocycles. The molecule has 0 bridgehead atoms. The Kier molecular flexibility index (Phi) is 12.8. The summed E-state index contributed by atoms with van der Waals surface area (Å²) in [6.07, 6.45) is 1.70. The SMILES string of the molecule is COc1cc(C(=O)N(CCCc2ccccc2)Cc2nc(C(=O)NS(=O)(=O)N3CCC(OSC(C)(C)C(C)(C)C)C3)cs2)cc(OC)c1C. The van der Waals surface area contributed by atoms with Crippen molar-refractivity contribution >= 4 is 45.4 Å². The number of aromatic nitrogens is 1. The van der Waals surface area contributed by atoms with Crippen molar-refractivity contribution in [1.29, 1.82) is 0 Å². The summed E-state index contributed by atoms with van der Waals surface area (Å²) < 4.78 is 46.5. The van der Waals surface area contributed by atoms with Gasteiger partial charge in [0.2, 0.25) is 0 Å². The second-order valence-corrected chi connectivity index (χ2v) is 17.6. The van der Waals surface area contributed by atoms with Crippen LogP contribution in [0.4, 0.5) is 0 Å². The lowest BCUT2D eigenvalue weighted by atomic mass is 9.83. The minimum atomic E-state index is -4.12. The highest BCUT2D eigenvalue weighted by molar-refractivity contribution is 7.96. The van der Waals surface area contributed by atoms with Crippen LogP contribution in [-0.4, -0.2) is 79.1 Å². The quantitative estimate of drug-likeness (QED) is 0.180. The zero-order valence-corrected chi connectivity index (χ0v) is 32.0. The lowest BCUT2D eigenvalue weighted by Gasteiger charge is -2.37. The lowest BCUT2D eigenvalue weighted by Crippen LogP contribution is -2.43. The van der Waals surface area contributed by atoms with Crippen molar-refractivity contribution < 1.29 is 31.7 Å². The first-order chi connectivity index (χ1) is 23.0. The maximum absolute atomic E-state index is 13.9. The van der Waals surface area contributed by atoms with Crippen LogP contribution in [-0.2, 0) is 27.4 Å². The maximum Gasteiger partial charge on any atom is 0.304 e. The van der Waals surface area contributed by atoms with Crippen LogP contribution in [0.3, 0.4) is 0 Å². The summed E-state index contributed by atoms with van der Waals surface area (Å²) in [5.41, 5.74) is 2.28. The van der Waals surface area contributed by atoms with Crippen LogP contribution in [0, 0.1) is 12.3 Å². The van der Waals surface area contributed by atoms with Crippen LogP contribution in [0.1, 0.15) is 84.4 Å². The summed E-state index contributed by atoms with van der Waals surface area (Å²) in [4.78, 5) is 33.1. The Morgan fingerprint density at radius 3 is 2.35 bits per heavy atom. The van der Waals surface area contributed by atoms with E-state index in [4.69, 9.17) is 13.7 Å². The van der Waals surface area contributed by atoms with Crippen molar-refractivity contribution in [2.45, 2.75) is 78.2 Å². The van der Waals surface area contributed by atoms with E-state index in [1.165, 1.54) is 33.1 Å². The molecule has 1 aliphatic rings. The number of carbonyl (C=O) groups is 2. The molecule has 4 rings (SSSR count). The summed E-state index contributed by atoms with van der Waals surface area (Å²) in [5, 5.41) is 2.00. The molecule has 0 spiro atoms. The summed E-state index contributed by atoms with van der Waals surface area (Å²) in [7, 11) is -1.04. The molecule has 1 atom stereocenters. The predicted molar refractivity (Wildman–Crippen MR) is 194 cm³/mol. The number of hydrogen-bond donors (Lipinski definition) is 1. The van der Waals surface area contributed by atoms with Gasteiger partial charge in [-0.15, -0.1) is 11.3 Å². The van der Waals surface area contributed by atoms with Crippen molar-refractivity contribution in [2.24, 2.45) is 5.41 Å². The second kappa shape index (κ2) is 16.2. The number of rotatable bonds is 15. The number of amides is 2. The molecule has 268 valence electrons. The fraction of sp³-hybridized carbons (Fsp3) is 0.514. The van der Waals surface area contributed by atoms with Gasteiger partial charge in [-0.05, 0) is 75.2 Å². The molecule has 2 aromatic carbocycles. The molecule has 0 aliphatic carbocycles. The zero-order chi connectivity index (χ0) is 36.0. The normalized spacial score (nSPS) is 15.6. The van der Waals surface area contributed by atoms with Crippen LogP contribution in [0.2, 0.25) is 0 Å². The fourth-order valence-corrected chi connectivity index (χ4v) is 7.70. The maximum atomic E-state index is 13.9. The van der Waals surface area contributed by atoms with Gasteiger partial charge >= 0.3 is 10.2 Å². The molecule has 1 N–H and O–H groups in total. The molecule has 14 heteroatoms. The van der Waals surface area contributed by atoms with Gasteiger partial charge in [-0.1, -0.05) is 51.1 Å². The Hall–Kier alpha value is -3.17. The average molecular weight is 733 g/mol. The van der Waals surface area contributed by atoms with Gasteiger partial charge in [0.1, 0.15) is 22.2 Å². The Bertz CT molecular complexity index is 1680. The van der Waals surface area contributed by atoms with Crippen LogP contribution in [0.15, 0.2) is 47.8 Å². The minimum Gasteiger partial charge on any atom is -0.496 e. The number of nitrogens with one attached hydrogen (secondary N) is 1. The second-order valence-electron chi connectivity index (χ2n) is 13.6. The molecule has 2 heterocycles. The van der Waals surface area contributed by atoms with Gasteiger partial charge in [-0.25, -0.2) is 9.71 Å². The number of methoxy groups -OCH3 is 2. The molecule has 0 radical (unpaired) electrons. The van der Waals surface area contributed by atoms with Gasteiger partial charge in [0, 0.05) is 40.9 Å². The lowest BCUT2D eigenvalue weighted by molar-refractivity contribution is 0.0740. The van der Waals surface area contributed by atoms with E-state index in [2.05, 4.69) is 44.3 Å². The Labute approximate surface area is 299 Å². The van der Waals surface area contributed by atoms with Gasteiger partial charge in [-0.3, -0.25) is 9.59 Å². The van der Waals surface area contributed by atoms with Gasteiger partial charge in [0.05, 0.1) is 26.9 Å². The third kappa shape index (κ3) is 9.97. The van der Waals surface area contributed by atoms with Crippen LogP contribution in [0.25, 0.3) is 0 Å². The largest absolute Gasteiger partial charge is 0.496 e. The number of nitrogens with zero attached hydrogens (tertiary/aromatic N) is 3. The van der Waals surface area contributed by atoms with Gasteiger partial charge in [0.15, 0.2) is 0 Å². The highest BCUT2D eigenvalue weighted by atomic mass is 32.2. The molecule has 3 aromatic rings. The molecular formula is C35H48N4O7S3. The number of thiazole rings is 1. The van der Waals surface area contributed by atoms with Crippen molar-refractivity contribution in [2.75, 3.05) is 33.9 Å². The number of ether oxygens (including phenoxy) is 2. The van der Waals surface area contributed by atoms with E-state index in [1.807, 2.05) is 37.3 Å². The first-order valence-corrected chi connectivity index (χ1v) is 19.3. The Morgan fingerprint density at radius 1 is 1.08 bits per heavy atom. The highest BCUT2D eigenvalue weighted by Gasteiger charge is 2.38. The average Bonchev–Trinajstić information content (AvgIpc) is 3.74. The van der Waals surface area contributed by atoms with Crippen LogP contribution in [0.5, 0.6) is 11.5 Å². The third-order valence-electron chi connectivity index (χ3n) is 9.00. The summed E-state index contributed by atoms with van der Waals surface area (Å²) >= 11 is 2.55. The molecule has 49 heavy (non-hydrogen) atoms. The van der Waals surface area contributed by atoms with Gasteiger partial charge in [0.25, 0.3) is 11.8 Å².